The number of carbonyl (C=O) groups is 1. The number of carbonyl (C=O) groups excluding carboxylic acids is 1. The third-order valence-electron chi connectivity index (χ3n) is 3.99. The molecule has 3 rings (SSSR count). The number of hydrogen-bond acceptors (Lipinski definition) is 6. The fraction of sp³-hybridized carbons (Fsp3) is 0.0476. The van der Waals surface area contributed by atoms with Gasteiger partial charge in [0.15, 0.2) is 0 Å². The maximum absolute atomic E-state index is 12.4. The second kappa shape index (κ2) is 8.54. The molecule has 29 heavy (non-hydrogen) atoms. The molecule has 3 aromatic rings. The molecule has 0 atom stereocenters. The molecule has 0 unspecified atom stereocenters. The van der Waals surface area contributed by atoms with Crippen molar-refractivity contribution >= 4 is 23.4 Å². The van der Waals surface area contributed by atoms with Crippen molar-refractivity contribution < 1.29 is 18.9 Å². The van der Waals surface area contributed by atoms with Crippen molar-refractivity contribution in [3.05, 3.63) is 82.1 Å². The minimum absolute atomic E-state index is 0.102. The highest BCUT2D eigenvalue weighted by atomic mass is 16.6. The predicted molar refractivity (Wildman–Crippen MR) is 106 cm³/mol. The van der Waals surface area contributed by atoms with Crippen LogP contribution in [-0.2, 0) is 4.79 Å². The van der Waals surface area contributed by atoms with Gasteiger partial charge in [0.05, 0.1) is 17.6 Å². The van der Waals surface area contributed by atoms with E-state index in [1.165, 1.54) is 25.3 Å². The first-order chi connectivity index (χ1) is 14.0. The quantitative estimate of drug-likeness (QED) is 0.289. The molecule has 1 aromatic heterocycles. The number of anilines is 1. The lowest BCUT2D eigenvalue weighted by atomic mass is 10.1. The molecular weight excluding hydrogens is 374 g/mol. The summed E-state index contributed by atoms with van der Waals surface area (Å²) in [6.07, 6.45) is 1.27. The lowest BCUT2D eigenvalue weighted by molar-refractivity contribution is -0.384. The molecule has 0 spiro atoms. The Morgan fingerprint density at radius 1 is 1.17 bits per heavy atom. The number of amides is 1. The van der Waals surface area contributed by atoms with Crippen molar-refractivity contribution in [1.82, 2.24) is 0 Å². The topological polar surface area (TPSA) is 118 Å². The largest absolute Gasteiger partial charge is 0.497 e. The first-order valence-electron chi connectivity index (χ1n) is 8.42. The molecule has 2 aromatic carbocycles. The van der Waals surface area contributed by atoms with Crippen LogP contribution in [0.3, 0.4) is 0 Å². The predicted octanol–water partition coefficient (Wildman–Crippen LogP) is 4.41. The molecule has 8 nitrogen and oxygen atoms in total. The van der Waals surface area contributed by atoms with E-state index in [-0.39, 0.29) is 22.8 Å². The van der Waals surface area contributed by atoms with Gasteiger partial charge < -0.3 is 14.5 Å². The van der Waals surface area contributed by atoms with Crippen LogP contribution >= 0.6 is 0 Å². The molecule has 0 aliphatic heterocycles. The molecule has 0 bridgehead atoms. The lowest BCUT2D eigenvalue weighted by Gasteiger charge is -2.05. The van der Waals surface area contributed by atoms with Gasteiger partial charge in [-0.1, -0.05) is 12.1 Å². The Kier molecular flexibility index (Phi) is 5.71. The van der Waals surface area contributed by atoms with Crippen molar-refractivity contribution in [2.24, 2.45) is 0 Å². The van der Waals surface area contributed by atoms with E-state index in [0.29, 0.717) is 17.0 Å². The number of para-hydroxylation sites is 1. The Hall–Kier alpha value is -4.38. The molecule has 0 aliphatic carbocycles. The smallest absolute Gasteiger partial charge is 0.280 e. The summed E-state index contributed by atoms with van der Waals surface area (Å²) in [6, 6.07) is 17.7. The van der Waals surface area contributed by atoms with Crippen LogP contribution in [0.15, 0.2) is 70.7 Å². The maximum Gasteiger partial charge on any atom is 0.280 e. The Labute approximate surface area is 165 Å². The number of nitriles is 1. The number of nitrogens with one attached hydrogen (secondary N) is 1. The number of furan rings is 1. The molecule has 0 saturated heterocycles. The van der Waals surface area contributed by atoms with Crippen molar-refractivity contribution in [2.45, 2.75) is 0 Å². The molecule has 0 radical (unpaired) electrons. The second-order valence-corrected chi connectivity index (χ2v) is 5.83. The van der Waals surface area contributed by atoms with Crippen molar-refractivity contribution in [1.29, 1.82) is 5.26 Å². The van der Waals surface area contributed by atoms with Gasteiger partial charge in [0.2, 0.25) is 0 Å². The van der Waals surface area contributed by atoms with E-state index in [9.17, 15) is 20.2 Å². The summed E-state index contributed by atoms with van der Waals surface area (Å²) in [5, 5.41) is 23.1. The summed E-state index contributed by atoms with van der Waals surface area (Å²) in [5.74, 6) is 0.509. The number of benzene rings is 2. The zero-order valence-corrected chi connectivity index (χ0v) is 15.3. The van der Waals surface area contributed by atoms with Crippen LogP contribution < -0.4 is 10.1 Å². The van der Waals surface area contributed by atoms with Crippen molar-refractivity contribution in [2.75, 3.05) is 12.4 Å². The summed E-state index contributed by atoms with van der Waals surface area (Å²) < 4.78 is 10.6. The van der Waals surface area contributed by atoms with E-state index in [4.69, 9.17) is 9.15 Å². The summed E-state index contributed by atoms with van der Waals surface area (Å²) in [4.78, 5) is 23.0. The molecular formula is C21H15N3O5. The van der Waals surface area contributed by atoms with Gasteiger partial charge in [0.25, 0.3) is 11.6 Å². The molecule has 1 N–H and O–H groups in total. The van der Waals surface area contributed by atoms with E-state index in [0.717, 1.165) is 0 Å². The average Bonchev–Trinajstić information content (AvgIpc) is 3.21. The normalized spacial score (nSPS) is 10.8. The average molecular weight is 389 g/mol. The lowest BCUT2D eigenvalue weighted by Crippen LogP contribution is -2.13. The molecule has 8 heteroatoms. The molecule has 144 valence electrons. The van der Waals surface area contributed by atoms with Gasteiger partial charge in [-0.3, -0.25) is 14.9 Å². The molecule has 0 saturated carbocycles. The zero-order valence-electron chi connectivity index (χ0n) is 15.3. The van der Waals surface area contributed by atoms with Crippen molar-refractivity contribution in [3.8, 4) is 23.1 Å². The number of methoxy groups -OCH3 is 1. The number of rotatable bonds is 6. The second-order valence-electron chi connectivity index (χ2n) is 5.83. The highest BCUT2D eigenvalue weighted by Gasteiger charge is 2.17. The third kappa shape index (κ3) is 4.48. The maximum atomic E-state index is 12.4. The minimum atomic E-state index is -0.610. The molecule has 0 fully saturated rings. The van der Waals surface area contributed by atoms with Crippen LogP contribution in [0, 0.1) is 21.4 Å². The SMILES string of the molecule is COc1ccc(NC(=O)/C(C#N)=C/c2ccc(-c3ccccc3[N+](=O)[O-])o2)cc1. The highest BCUT2D eigenvalue weighted by Crippen LogP contribution is 2.31. The number of ether oxygens (including phenoxy) is 1. The van der Waals surface area contributed by atoms with Gasteiger partial charge in [0.1, 0.15) is 28.9 Å². The number of nitrogens with zero attached hydrogens (tertiary/aromatic N) is 2. The number of nitro benzene ring substituents is 1. The van der Waals surface area contributed by atoms with E-state index in [2.05, 4.69) is 5.32 Å². The Bertz CT molecular complexity index is 1120. The van der Waals surface area contributed by atoms with Crippen LogP contribution in [0.4, 0.5) is 11.4 Å². The van der Waals surface area contributed by atoms with Crippen LogP contribution in [0.5, 0.6) is 5.75 Å². The fourth-order valence-corrected chi connectivity index (χ4v) is 2.58. The van der Waals surface area contributed by atoms with Crippen LogP contribution in [0.1, 0.15) is 5.76 Å². The number of hydrogen-bond donors (Lipinski definition) is 1. The molecule has 1 amide bonds. The van der Waals surface area contributed by atoms with Gasteiger partial charge >= 0.3 is 0 Å². The first-order valence-corrected chi connectivity index (χ1v) is 8.42. The van der Waals surface area contributed by atoms with Gasteiger partial charge in [-0.2, -0.15) is 5.26 Å². The summed E-state index contributed by atoms with van der Waals surface area (Å²) >= 11 is 0. The van der Waals surface area contributed by atoms with Gasteiger partial charge in [-0.15, -0.1) is 0 Å². The minimum Gasteiger partial charge on any atom is -0.497 e. The Morgan fingerprint density at radius 3 is 2.55 bits per heavy atom. The van der Waals surface area contributed by atoms with Gasteiger partial charge in [0, 0.05) is 17.8 Å². The zero-order chi connectivity index (χ0) is 20.8. The number of nitro groups is 1. The highest BCUT2D eigenvalue weighted by molar-refractivity contribution is 6.09. The van der Waals surface area contributed by atoms with Gasteiger partial charge in [-0.05, 0) is 42.5 Å². The molecule has 1 heterocycles. The fourth-order valence-electron chi connectivity index (χ4n) is 2.58. The summed E-state index contributed by atoms with van der Waals surface area (Å²) in [5.41, 5.74) is 0.523. The standard InChI is InChI=1S/C21H15N3O5/c1-28-16-8-6-15(7-9-16)23-21(25)14(13-22)12-17-10-11-20(29-17)18-4-2-3-5-19(18)24(26)27/h2-12H,1H3,(H,23,25)/b14-12+. The van der Waals surface area contributed by atoms with Gasteiger partial charge in [-0.25, -0.2) is 0 Å². The Balaban J connectivity index is 1.82. The van der Waals surface area contributed by atoms with Crippen LogP contribution in [0.2, 0.25) is 0 Å². The van der Waals surface area contributed by atoms with Crippen molar-refractivity contribution in [3.63, 3.8) is 0 Å². The first kappa shape index (κ1) is 19.4. The summed E-state index contributed by atoms with van der Waals surface area (Å²) in [6.45, 7) is 0. The molecule has 0 aliphatic rings. The van der Waals surface area contributed by atoms with E-state index in [1.807, 2.05) is 6.07 Å². The van der Waals surface area contributed by atoms with Crippen LogP contribution in [0.25, 0.3) is 17.4 Å². The van der Waals surface area contributed by atoms with E-state index >= 15 is 0 Å². The van der Waals surface area contributed by atoms with Crippen LogP contribution in [-0.4, -0.2) is 17.9 Å². The third-order valence-corrected chi connectivity index (χ3v) is 3.99. The summed E-state index contributed by atoms with van der Waals surface area (Å²) in [7, 11) is 1.53. The van der Waals surface area contributed by atoms with E-state index < -0.39 is 10.8 Å². The van der Waals surface area contributed by atoms with E-state index in [1.54, 1.807) is 48.5 Å². The monoisotopic (exact) mass is 389 g/mol. The Morgan fingerprint density at radius 2 is 1.90 bits per heavy atom.